The van der Waals surface area contributed by atoms with E-state index in [0.717, 1.165) is 0 Å². The van der Waals surface area contributed by atoms with Crippen LogP contribution in [0.3, 0.4) is 0 Å². The molecule has 0 heterocycles. The van der Waals surface area contributed by atoms with Crippen molar-refractivity contribution in [3.05, 3.63) is 0 Å². The molecule has 242 valence electrons. The Kier molecular flexibility index (Phi) is 11.3. The van der Waals surface area contributed by atoms with E-state index < -0.39 is 81.0 Å². The van der Waals surface area contributed by atoms with Crippen LogP contribution in [0, 0.1) is 0 Å². The number of alkyl halides is 24. The second-order valence-electron chi connectivity index (χ2n) is 7.09. The van der Waals surface area contributed by atoms with E-state index in [2.05, 4.69) is 0 Å². The summed E-state index contributed by atoms with van der Waals surface area (Å²) in [6, 6.07) is 0. The second-order valence-corrected chi connectivity index (χ2v) is 8.51. The molecule has 0 aromatic heterocycles. The van der Waals surface area contributed by atoms with Gasteiger partial charge in [-0.3, -0.25) is 0 Å². The zero-order valence-electron chi connectivity index (χ0n) is 17.8. The van der Waals surface area contributed by atoms with Gasteiger partial charge >= 0.3 is 116 Å². The molecule has 0 radical (unpaired) electrons. The first-order chi connectivity index (χ1) is 16.7. The van der Waals surface area contributed by atoms with Crippen molar-refractivity contribution in [3.63, 3.8) is 0 Å². The smallest absolute Gasteiger partial charge is 0.743 e. The monoisotopic (exact) mass is 720 g/mol. The van der Waals surface area contributed by atoms with Gasteiger partial charge in [0.15, 0.2) is 10.1 Å². The average Bonchev–Trinajstić information content (AvgIpc) is 2.70. The molecule has 0 aliphatic heterocycles. The van der Waals surface area contributed by atoms with Gasteiger partial charge in [0.05, 0.1) is 0 Å². The van der Waals surface area contributed by atoms with Crippen LogP contribution in [-0.4, -0.2) is 83.9 Å². The Morgan fingerprint density at radius 1 is 0.415 bits per heavy atom. The Morgan fingerprint density at radius 3 is 0.805 bits per heavy atom. The molecule has 0 fully saturated rings. The van der Waals surface area contributed by atoms with E-state index in [1.807, 2.05) is 0 Å². The van der Waals surface area contributed by atoms with Gasteiger partial charge < -0.3 is 4.55 Å². The molecule has 0 amide bonds. The molecular formula is C12HF24KO3S. The zero-order chi connectivity index (χ0) is 33.6. The SMILES string of the molecule is O=S(=O)([O-])C(F)(F)C(F)(F)C(F)(F)C(F)(F)C(F)(F)C(F)(F)C(F)(F)C(F)(F)C(F)(F)C(F)(F)C(F)C(F)(F)F.[K+]. The van der Waals surface area contributed by atoms with Crippen LogP contribution < -0.4 is 51.4 Å². The van der Waals surface area contributed by atoms with E-state index in [0.29, 0.717) is 0 Å². The van der Waals surface area contributed by atoms with Crippen LogP contribution in [0.4, 0.5) is 105 Å². The van der Waals surface area contributed by atoms with E-state index in [-0.39, 0.29) is 51.4 Å². The van der Waals surface area contributed by atoms with Gasteiger partial charge in [-0.2, -0.15) is 101 Å². The van der Waals surface area contributed by atoms with E-state index >= 15 is 0 Å². The molecule has 0 aromatic rings. The van der Waals surface area contributed by atoms with Gasteiger partial charge in [0.1, 0.15) is 0 Å². The first kappa shape index (κ1) is 43.0. The van der Waals surface area contributed by atoms with E-state index in [1.54, 1.807) is 0 Å². The molecule has 0 saturated heterocycles. The summed E-state index contributed by atoms with van der Waals surface area (Å²) in [6.45, 7) is 0. The molecule has 0 bridgehead atoms. The van der Waals surface area contributed by atoms with Crippen LogP contribution in [0.2, 0.25) is 0 Å². The van der Waals surface area contributed by atoms with Crippen molar-refractivity contribution < 1.29 is 170 Å². The quantitative estimate of drug-likeness (QED) is 0.186. The third-order valence-electron chi connectivity index (χ3n) is 4.46. The van der Waals surface area contributed by atoms with Crippen LogP contribution >= 0.6 is 0 Å². The van der Waals surface area contributed by atoms with Crippen molar-refractivity contribution >= 4 is 10.1 Å². The van der Waals surface area contributed by atoms with Crippen LogP contribution in [0.1, 0.15) is 0 Å². The summed E-state index contributed by atoms with van der Waals surface area (Å²) in [6.07, 6.45) is -14.3. The fourth-order valence-corrected chi connectivity index (χ4v) is 2.54. The summed E-state index contributed by atoms with van der Waals surface area (Å²) in [7, 11) is -8.45. The maximum Gasteiger partial charge on any atom is 1.00 e. The van der Waals surface area contributed by atoms with Gasteiger partial charge in [-0.05, 0) is 0 Å². The van der Waals surface area contributed by atoms with Crippen LogP contribution in [0.15, 0.2) is 0 Å². The molecule has 1 unspecified atom stereocenters. The molecule has 1 atom stereocenters. The maximum absolute atomic E-state index is 13.5. The van der Waals surface area contributed by atoms with Crippen molar-refractivity contribution in [1.82, 2.24) is 0 Å². The van der Waals surface area contributed by atoms with Crippen LogP contribution in [0.25, 0.3) is 0 Å². The predicted octanol–water partition coefficient (Wildman–Crippen LogP) is 3.75. The third kappa shape index (κ3) is 5.51. The van der Waals surface area contributed by atoms with Gasteiger partial charge in [0, 0.05) is 0 Å². The Labute approximate surface area is 249 Å². The predicted molar refractivity (Wildman–Crippen MR) is 70.1 cm³/mol. The standard InChI is InChI=1S/C12H2F24O3S.K/c13-1(3(16,17)18)2(14,15)4(19,20)5(21,22)6(23,24)7(25,26)8(27,28)9(29,30)10(31,32)11(33,34)12(35,36)40(37,38)39;/h1H,(H,37,38,39);/q;+1/p-1. The van der Waals surface area contributed by atoms with Crippen molar-refractivity contribution in [3.8, 4) is 0 Å². The van der Waals surface area contributed by atoms with Gasteiger partial charge in [-0.1, -0.05) is 0 Å². The summed E-state index contributed by atoms with van der Waals surface area (Å²) < 4.78 is 343. The van der Waals surface area contributed by atoms with Crippen LogP contribution in [0.5, 0.6) is 0 Å². The summed E-state index contributed by atoms with van der Waals surface area (Å²) in [5, 5.41) is -8.28. The minimum Gasteiger partial charge on any atom is -0.743 e. The largest absolute Gasteiger partial charge is 1.00 e. The normalized spacial score (nSPS) is 17.3. The van der Waals surface area contributed by atoms with Crippen molar-refractivity contribution in [2.45, 2.75) is 70.9 Å². The molecular weight excluding hydrogens is 719 g/mol. The van der Waals surface area contributed by atoms with Gasteiger partial charge in [0.25, 0.3) is 6.17 Å². The van der Waals surface area contributed by atoms with E-state index in [9.17, 15) is 118 Å². The summed E-state index contributed by atoms with van der Waals surface area (Å²) in [4.78, 5) is 0. The Morgan fingerprint density at radius 2 is 0.610 bits per heavy atom. The molecule has 0 N–H and O–H groups in total. The molecule has 0 spiro atoms. The molecule has 3 nitrogen and oxygen atoms in total. The molecule has 0 aromatic carbocycles. The topological polar surface area (TPSA) is 57.2 Å². The fraction of sp³-hybridized carbons (Fsp3) is 1.00. The molecule has 0 aliphatic carbocycles. The number of halogens is 24. The molecule has 0 saturated carbocycles. The molecule has 0 aliphatic rings. The summed E-state index contributed by atoms with van der Waals surface area (Å²) in [5.74, 6) is -83.4. The van der Waals surface area contributed by atoms with Gasteiger partial charge in [-0.15, -0.1) is 0 Å². The minimum absolute atomic E-state index is 0. The number of hydrogen-bond acceptors (Lipinski definition) is 3. The molecule has 0 rings (SSSR count). The Hall–Kier alpha value is -0.134. The molecule has 29 heteroatoms. The van der Waals surface area contributed by atoms with Gasteiger partial charge in [0.2, 0.25) is 0 Å². The van der Waals surface area contributed by atoms with Crippen LogP contribution in [-0.2, 0) is 10.1 Å². The van der Waals surface area contributed by atoms with Crippen molar-refractivity contribution in [2.24, 2.45) is 0 Å². The Bertz CT molecular complexity index is 1060. The molecule has 41 heavy (non-hydrogen) atoms. The Balaban J connectivity index is 0. The zero-order valence-corrected chi connectivity index (χ0v) is 21.7. The first-order valence-electron chi connectivity index (χ1n) is 8.10. The number of hydrogen-bond donors (Lipinski definition) is 0. The van der Waals surface area contributed by atoms with E-state index in [1.165, 1.54) is 0 Å². The fourth-order valence-electron chi connectivity index (χ4n) is 2.10. The van der Waals surface area contributed by atoms with E-state index in [4.69, 9.17) is 0 Å². The summed E-state index contributed by atoms with van der Waals surface area (Å²) >= 11 is 0. The third-order valence-corrected chi connectivity index (χ3v) is 5.35. The summed E-state index contributed by atoms with van der Waals surface area (Å²) in [5.41, 5.74) is 0. The maximum atomic E-state index is 13.5. The second kappa shape index (κ2) is 10.7. The van der Waals surface area contributed by atoms with Gasteiger partial charge in [-0.25, -0.2) is 12.8 Å². The van der Waals surface area contributed by atoms with Crippen molar-refractivity contribution in [2.75, 3.05) is 0 Å². The first-order valence-corrected chi connectivity index (χ1v) is 9.50. The van der Waals surface area contributed by atoms with Crippen molar-refractivity contribution in [1.29, 1.82) is 0 Å². The minimum atomic E-state index is -9.64. The average molecular weight is 720 g/mol. The number of rotatable bonds is 11.